The summed E-state index contributed by atoms with van der Waals surface area (Å²) in [6.45, 7) is 6.08. The van der Waals surface area contributed by atoms with Gasteiger partial charge in [0.2, 0.25) is 5.91 Å². The highest BCUT2D eigenvalue weighted by atomic mass is 16.6. The zero-order chi connectivity index (χ0) is 28.1. The summed E-state index contributed by atoms with van der Waals surface area (Å²) in [5.41, 5.74) is 1.97. The number of carbonyl (C=O) groups is 4. The van der Waals surface area contributed by atoms with Crippen molar-refractivity contribution in [2.75, 3.05) is 33.9 Å². The lowest BCUT2D eigenvalue weighted by atomic mass is 9.79. The number of hydrogen-bond donors (Lipinski definition) is 1. The summed E-state index contributed by atoms with van der Waals surface area (Å²) in [6, 6.07) is 5.97. The molecule has 3 aliphatic heterocycles. The molecular weight excluding hydrogens is 496 g/mol. The Balaban J connectivity index is 0.000000483. The van der Waals surface area contributed by atoms with Crippen molar-refractivity contribution >= 4 is 29.4 Å². The van der Waals surface area contributed by atoms with E-state index in [-0.39, 0.29) is 47.9 Å². The number of fused-ring (bicyclic) bond motifs is 1. The fourth-order valence-electron chi connectivity index (χ4n) is 4.35. The first-order valence-electron chi connectivity index (χ1n) is 12.3. The third-order valence-electron chi connectivity index (χ3n) is 6.26. The lowest BCUT2D eigenvalue weighted by Gasteiger charge is -2.32. The minimum atomic E-state index is -0.851. The van der Waals surface area contributed by atoms with Gasteiger partial charge in [0, 0.05) is 36.5 Å². The predicted octanol–water partition coefficient (Wildman–Crippen LogP) is 2.02. The van der Waals surface area contributed by atoms with E-state index in [1.807, 2.05) is 19.0 Å². The van der Waals surface area contributed by atoms with Gasteiger partial charge in [-0.15, -0.1) is 0 Å². The van der Waals surface area contributed by atoms with Crippen molar-refractivity contribution < 1.29 is 33.6 Å². The molecule has 38 heavy (non-hydrogen) atoms. The number of carbonyl (C=O) groups excluding carboxylic acids is 4. The van der Waals surface area contributed by atoms with Gasteiger partial charge in [0.15, 0.2) is 0 Å². The molecule has 12 nitrogen and oxygen atoms in total. The van der Waals surface area contributed by atoms with Crippen LogP contribution in [0, 0.1) is 10.1 Å². The molecule has 0 radical (unpaired) electrons. The Morgan fingerprint density at radius 2 is 1.76 bits per heavy atom. The monoisotopic (exact) mass is 528 g/mol. The maximum atomic E-state index is 13.0. The standard InChI is InChI=1S/C22H29N3O6.C4H3NO2/c1-6-30-21(26)18-14(3)23-17(11-12-24(4)5)20(22(27)31-7-2)19(18)15-9-8-10-16(13-15)25(28)29;6-3-1-2-4(7)5(2)3/h8-10,13,19,23H,6-7,11-12H2,1-5H3;2H,1H2. The molecule has 3 aliphatic rings. The molecule has 2 atom stereocenters. The Labute approximate surface area is 220 Å². The maximum absolute atomic E-state index is 13.0. The second-order valence-electron chi connectivity index (χ2n) is 9.16. The number of ether oxygens (including phenoxy) is 2. The van der Waals surface area contributed by atoms with Crippen LogP contribution in [0.4, 0.5) is 5.69 Å². The van der Waals surface area contributed by atoms with Gasteiger partial charge < -0.3 is 19.7 Å². The van der Waals surface area contributed by atoms with Gasteiger partial charge in [-0.05, 0) is 40.4 Å². The number of rotatable bonds is 9. The van der Waals surface area contributed by atoms with Gasteiger partial charge in [0.1, 0.15) is 6.04 Å². The summed E-state index contributed by atoms with van der Waals surface area (Å²) >= 11 is 0. The number of nitro benzene ring substituents is 1. The number of dihydropyridines is 1. The van der Waals surface area contributed by atoms with Crippen LogP contribution in [0.15, 0.2) is 46.8 Å². The lowest BCUT2D eigenvalue weighted by molar-refractivity contribution is -0.384. The Morgan fingerprint density at radius 1 is 1.13 bits per heavy atom. The molecule has 4 rings (SSSR count). The average molecular weight is 529 g/mol. The van der Waals surface area contributed by atoms with Crippen molar-refractivity contribution in [1.29, 1.82) is 0 Å². The molecule has 1 aromatic carbocycles. The summed E-state index contributed by atoms with van der Waals surface area (Å²) in [5, 5.41) is 14.5. The molecule has 1 N–H and O–H groups in total. The molecule has 2 fully saturated rings. The van der Waals surface area contributed by atoms with Crippen LogP contribution in [0.3, 0.4) is 0 Å². The van der Waals surface area contributed by atoms with E-state index in [0.29, 0.717) is 36.3 Å². The predicted molar refractivity (Wildman–Crippen MR) is 135 cm³/mol. The number of benzene rings is 1. The third-order valence-corrected chi connectivity index (χ3v) is 6.26. The van der Waals surface area contributed by atoms with E-state index in [1.54, 1.807) is 26.8 Å². The average Bonchev–Trinajstić information content (AvgIpc) is 3.42. The van der Waals surface area contributed by atoms with Crippen molar-refractivity contribution in [3.8, 4) is 0 Å². The summed E-state index contributed by atoms with van der Waals surface area (Å²) in [7, 11) is 3.83. The topological polar surface area (TPSA) is 148 Å². The molecule has 12 heteroatoms. The Morgan fingerprint density at radius 3 is 2.21 bits per heavy atom. The Hall–Kier alpha value is -4.06. The summed E-state index contributed by atoms with van der Waals surface area (Å²) < 4.78 is 10.6. The summed E-state index contributed by atoms with van der Waals surface area (Å²) in [4.78, 5) is 60.4. The zero-order valence-corrected chi connectivity index (χ0v) is 22.1. The smallest absolute Gasteiger partial charge is 0.336 e. The van der Waals surface area contributed by atoms with Crippen LogP contribution in [0.25, 0.3) is 0 Å². The number of β-lactam (4-membered cyclic amide) rings is 1. The zero-order valence-electron chi connectivity index (χ0n) is 22.1. The van der Waals surface area contributed by atoms with E-state index in [2.05, 4.69) is 5.32 Å². The van der Waals surface area contributed by atoms with Crippen LogP contribution in [0.2, 0.25) is 0 Å². The highest BCUT2D eigenvalue weighted by molar-refractivity contribution is 6.20. The summed E-state index contributed by atoms with van der Waals surface area (Å²) in [5.74, 6) is -2.00. The highest BCUT2D eigenvalue weighted by Gasteiger charge is 2.60. The van der Waals surface area contributed by atoms with Crippen molar-refractivity contribution in [3.63, 3.8) is 0 Å². The third kappa shape index (κ3) is 6.08. The first-order valence-corrected chi connectivity index (χ1v) is 12.3. The lowest BCUT2D eigenvalue weighted by Crippen LogP contribution is -2.34. The van der Waals surface area contributed by atoms with Crippen molar-refractivity contribution in [2.45, 2.75) is 45.6 Å². The minimum Gasteiger partial charge on any atom is -0.463 e. The summed E-state index contributed by atoms with van der Waals surface area (Å²) in [6.07, 6.45) is 0.971. The number of non-ortho nitro benzene ring substituents is 1. The van der Waals surface area contributed by atoms with Gasteiger partial charge in [-0.3, -0.25) is 24.6 Å². The van der Waals surface area contributed by atoms with Gasteiger partial charge in [0.25, 0.3) is 11.6 Å². The van der Waals surface area contributed by atoms with Crippen LogP contribution < -0.4 is 5.32 Å². The van der Waals surface area contributed by atoms with Gasteiger partial charge >= 0.3 is 11.9 Å². The van der Waals surface area contributed by atoms with Crippen molar-refractivity contribution in [2.24, 2.45) is 0 Å². The SMILES string of the molecule is CCOC(=O)C1=C(C)NC(CCN(C)C)=C(C(=O)OCC)C1c1cccc([N+](=O)[O-])c1.O=C1CC2C(=O)N12. The maximum Gasteiger partial charge on any atom is 0.336 e. The molecule has 0 bridgehead atoms. The highest BCUT2D eigenvalue weighted by Crippen LogP contribution is 2.41. The quantitative estimate of drug-likeness (QED) is 0.126. The molecule has 0 saturated carbocycles. The van der Waals surface area contributed by atoms with Gasteiger partial charge in [-0.2, -0.15) is 0 Å². The second-order valence-corrected chi connectivity index (χ2v) is 9.16. The molecule has 0 spiro atoms. The molecular formula is C26H32N4O8. The first-order chi connectivity index (χ1) is 18.0. The van der Waals surface area contributed by atoms with Crippen LogP contribution in [0.5, 0.6) is 0 Å². The number of allylic oxidation sites excluding steroid dienone is 1. The molecule has 2 amide bonds. The van der Waals surface area contributed by atoms with E-state index in [0.717, 1.165) is 0 Å². The Kier molecular flexibility index (Phi) is 9.00. The number of nitrogens with one attached hydrogen (secondary N) is 1. The second kappa shape index (κ2) is 12.0. The molecule has 2 saturated heterocycles. The number of amides is 2. The van der Waals surface area contributed by atoms with Gasteiger partial charge in [0.05, 0.1) is 41.6 Å². The van der Waals surface area contributed by atoms with Crippen molar-refractivity contribution in [1.82, 2.24) is 15.1 Å². The minimum absolute atomic E-state index is 0.00463. The van der Waals surface area contributed by atoms with E-state index < -0.39 is 22.8 Å². The molecule has 204 valence electrons. The number of esters is 2. The number of hydrogen-bond acceptors (Lipinski definition) is 10. The first kappa shape index (κ1) is 28.5. The molecule has 0 aliphatic carbocycles. The van der Waals surface area contributed by atoms with Crippen LogP contribution in [0.1, 0.15) is 45.1 Å². The van der Waals surface area contributed by atoms with Crippen LogP contribution in [-0.4, -0.2) is 78.4 Å². The molecule has 0 aromatic heterocycles. The number of nitrogens with zero attached hydrogens (tertiary/aromatic N) is 3. The molecule has 1 aromatic rings. The van der Waals surface area contributed by atoms with E-state index >= 15 is 0 Å². The fraction of sp³-hybridized carbons (Fsp3) is 0.462. The van der Waals surface area contributed by atoms with Crippen molar-refractivity contribution in [3.05, 3.63) is 62.5 Å². The van der Waals surface area contributed by atoms with Gasteiger partial charge in [-0.1, -0.05) is 12.1 Å². The molecule has 2 unspecified atom stereocenters. The van der Waals surface area contributed by atoms with E-state index in [1.165, 1.54) is 23.1 Å². The largest absolute Gasteiger partial charge is 0.463 e. The van der Waals surface area contributed by atoms with Crippen LogP contribution in [-0.2, 0) is 28.7 Å². The van der Waals surface area contributed by atoms with Gasteiger partial charge in [-0.25, -0.2) is 9.59 Å². The van der Waals surface area contributed by atoms with Crippen LogP contribution >= 0.6 is 0 Å². The number of imide groups is 1. The molecule has 3 heterocycles. The van der Waals surface area contributed by atoms with E-state index in [9.17, 15) is 29.3 Å². The van der Waals surface area contributed by atoms with E-state index in [4.69, 9.17) is 9.47 Å². The Bertz CT molecular complexity index is 1210. The number of nitro groups is 1. The fourth-order valence-corrected chi connectivity index (χ4v) is 4.35. The normalized spacial score (nSPS) is 19.7.